The molecule has 26 heavy (non-hydrogen) atoms. The number of rotatable bonds is 6. The Balaban J connectivity index is 2.41. The minimum Gasteiger partial charge on any atom is -0.465 e. The van der Waals surface area contributed by atoms with Gasteiger partial charge in [-0.3, -0.25) is 4.79 Å². The van der Waals surface area contributed by atoms with Crippen LogP contribution in [0.5, 0.6) is 0 Å². The van der Waals surface area contributed by atoms with Crippen molar-refractivity contribution in [1.82, 2.24) is 4.90 Å². The summed E-state index contributed by atoms with van der Waals surface area (Å²) < 4.78 is 14.5. The van der Waals surface area contributed by atoms with Crippen LogP contribution in [-0.4, -0.2) is 57.2 Å². The molecule has 0 N–H and O–H groups in total. The van der Waals surface area contributed by atoms with E-state index >= 15 is 0 Å². The monoisotopic (exact) mass is 359 g/mol. The Hall–Kier alpha value is -2.93. The standard InChI is InChI=1S/C19H21NO6/c1-12-16(19(23)26-4)15(17(21)20(12)9-10-24-2)11-13-5-7-14(8-6-13)18(22)25-3/h5-8,11H,9-10H2,1-4H3. The molecule has 0 aliphatic carbocycles. The van der Waals surface area contributed by atoms with E-state index in [4.69, 9.17) is 9.47 Å². The molecule has 7 nitrogen and oxygen atoms in total. The van der Waals surface area contributed by atoms with Gasteiger partial charge in [0, 0.05) is 19.4 Å². The molecule has 1 aromatic carbocycles. The van der Waals surface area contributed by atoms with Crippen LogP contribution in [0, 0.1) is 0 Å². The van der Waals surface area contributed by atoms with E-state index in [1.165, 1.54) is 19.1 Å². The lowest BCUT2D eigenvalue weighted by Gasteiger charge is -2.16. The van der Waals surface area contributed by atoms with E-state index < -0.39 is 11.9 Å². The Morgan fingerprint density at radius 2 is 1.65 bits per heavy atom. The number of esters is 2. The normalized spacial score (nSPS) is 15.6. The molecule has 0 radical (unpaired) electrons. The molecular formula is C19H21NO6. The van der Waals surface area contributed by atoms with Gasteiger partial charge in [0.1, 0.15) is 0 Å². The Kier molecular flexibility index (Phi) is 6.30. The molecule has 138 valence electrons. The molecule has 1 heterocycles. The van der Waals surface area contributed by atoms with E-state index in [9.17, 15) is 14.4 Å². The smallest absolute Gasteiger partial charge is 0.340 e. The van der Waals surface area contributed by atoms with Gasteiger partial charge in [-0.2, -0.15) is 0 Å². The maximum Gasteiger partial charge on any atom is 0.340 e. The maximum atomic E-state index is 12.8. The van der Waals surface area contributed by atoms with Gasteiger partial charge in [-0.25, -0.2) is 9.59 Å². The van der Waals surface area contributed by atoms with E-state index in [-0.39, 0.29) is 17.1 Å². The van der Waals surface area contributed by atoms with Crippen molar-refractivity contribution in [3.63, 3.8) is 0 Å². The van der Waals surface area contributed by atoms with E-state index in [2.05, 4.69) is 4.74 Å². The van der Waals surface area contributed by atoms with Crippen molar-refractivity contribution in [2.24, 2.45) is 0 Å². The van der Waals surface area contributed by atoms with Crippen molar-refractivity contribution >= 4 is 23.9 Å². The molecule has 0 fully saturated rings. The maximum absolute atomic E-state index is 12.8. The van der Waals surface area contributed by atoms with E-state index in [1.807, 2.05) is 0 Å². The highest BCUT2D eigenvalue weighted by atomic mass is 16.5. The molecule has 0 bridgehead atoms. The number of ether oxygens (including phenoxy) is 3. The van der Waals surface area contributed by atoms with Gasteiger partial charge in [0.15, 0.2) is 0 Å². The van der Waals surface area contributed by atoms with Crippen LogP contribution in [0.2, 0.25) is 0 Å². The lowest BCUT2D eigenvalue weighted by Crippen LogP contribution is -2.28. The molecule has 0 aromatic heterocycles. The SMILES string of the molecule is COCCN1C(=O)C(=Cc2ccc(C(=O)OC)cc2)C(C(=O)OC)=C1C. The Morgan fingerprint density at radius 1 is 1.04 bits per heavy atom. The Labute approximate surface area is 151 Å². The minimum atomic E-state index is -0.576. The van der Waals surface area contributed by atoms with E-state index in [0.717, 1.165) is 0 Å². The Bertz CT molecular complexity index is 776. The molecule has 0 unspecified atom stereocenters. The zero-order valence-electron chi connectivity index (χ0n) is 15.2. The number of carbonyl (C=O) groups is 3. The van der Waals surface area contributed by atoms with Gasteiger partial charge in [0.25, 0.3) is 5.91 Å². The van der Waals surface area contributed by atoms with Crippen LogP contribution in [0.1, 0.15) is 22.8 Å². The highest BCUT2D eigenvalue weighted by Crippen LogP contribution is 2.31. The van der Waals surface area contributed by atoms with Gasteiger partial charge >= 0.3 is 11.9 Å². The van der Waals surface area contributed by atoms with Crippen LogP contribution in [0.4, 0.5) is 0 Å². The Morgan fingerprint density at radius 3 is 2.19 bits per heavy atom. The molecule has 0 saturated carbocycles. The number of amides is 1. The zero-order valence-corrected chi connectivity index (χ0v) is 15.2. The number of allylic oxidation sites excluding steroid dienone is 1. The van der Waals surface area contributed by atoms with Gasteiger partial charge in [0.2, 0.25) is 0 Å². The fourth-order valence-electron chi connectivity index (χ4n) is 2.68. The summed E-state index contributed by atoms with van der Waals surface area (Å²) in [5, 5.41) is 0. The molecule has 1 aliphatic heterocycles. The number of benzene rings is 1. The number of nitrogens with zero attached hydrogens (tertiary/aromatic N) is 1. The molecule has 1 aromatic rings. The fraction of sp³-hybridized carbons (Fsp3) is 0.316. The predicted molar refractivity (Wildman–Crippen MR) is 94.1 cm³/mol. The first-order valence-electron chi connectivity index (χ1n) is 7.95. The largest absolute Gasteiger partial charge is 0.465 e. The van der Waals surface area contributed by atoms with Crippen LogP contribution >= 0.6 is 0 Å². The molecule has 2 rings (SSSR count). The third kappa shape index (κ3) is 3.83. The highest BCUT2D eigenvalue weighted by Gasteiger charge is 2.36. The highest BCUT2D eigenvalue weighted by molar-refractivity contribution is 6.16. The van der Waals surface area contributed by atoms with Gasteiger partial charge in [-0.1, -0.05) is 12.1 Å². The fourth-order valence-corrected chi connectivity index (χ4v) is 2.68. The second kappa shape index (κ2) is 8.44. The van der Waals surface area contributed by atoms with E-state index in [1.54, 1.807) is 44.4 Å². The van der Waals surface area contributed by atoms with Gasteiger partial charge in [0.05, 0.1) is 37.5 Å². The molecular weight excluding hydrogens is 338 g/mol. The third-order valence-corrected chi connectivity index (χ3v) is 4.06. The zero-order chi connectivity index (χ0) is 19.3. The summed E-state index contributed by atoms with van der Waals surface area (Å²) in [6, 6.07) is 6.53. The lowest BCUT2D eigenvalue weighted by atomic mass is 10.0. The molecule has 1 aliphatic rings. The predicted octanol–water partition coefficient (Wildman–Crippen LogP) is 1.79. The third-order valence-electron chi connectivity index (χ3n) is 4.06. The average Bonchev–Trinajstić information content (AvgIpc) is 2.89. The topological polar surface area (TPSA) is 82.1 Å². The number of methoxy groups -OCH3 is 3. The summed E-state index contributed by atoms with van der Waals surface area (Å²) >= 11 is 0. The van der Waals surface area contributed by atoms with Crippen LogP contribution in [0.25, 0.3) is 6.08 Å². The molecule has 1 amide bonds. The second-order valence-electron chi connectivity index (χ2n) is 5.57. The van der Waals surface area contributed by atoms with Crippen molar-refractivity contribution in [3.8, 4) is 0 Å². The summed E-state index contributed by atoms with van der Waals surface area (Å²) in [5.74, 6) is -1.32. The first-order chi connectivity index (χ1) is 12.4. The minimum absolute atomic E-state index is 0.227. The van der Waals surface area contributed by atoms with Crippen molar-refractivity contribution < 1.29 is 28.6 Å². The van der Waals surface area contributed by atoms with Crippen molar-refractivity contribution in [2.45, 2.75) is 6.92 Å². The first kappa shape index (κ1) is 19.4. The number of hydrogen-bond donors (Lipinski definition) is 0. The van der Waals surface area contributed by atoms with Crippen molar-refractivity contribution in [3.05, 3.63) is 52.2 Å². The van der Waals surface area contributed by atoms with E-state index in [0.29, 0.717) is 30.0 Å². The quantitative estimate of drug-likeness (QED) is 0.569. The van der Waals surface area contributed by atoms with Gasteiger partial charge in [-0.05, 0) is 30.7 Å². The summed E-state index contributed by atoms with van der Waals surface area (Å²) in [6.45, 7) is 2.37. The van der Waals surface area contributed by atoms with Crippen molar-refractivity contribution in [1.29, 1.82) is 0 Å². The summed E-state index contributed by atoms with van der Waals surface area (Å²) in [4.78, 5) is 37.9. The lowest BCUT2D eigenvalue weighted by molar-refractivity contribution is -0.136. The first-order valence-corrected chi connectivity index (χ1v) is 7.95. The molecule has 0 saturated heterocycles. The van der Waals surface area contributed by atoms with Crippen LogP contribution in [0.3, 0.4) is 0 Å². The number of carbonyl (C=O) groups excluding carboxylic acids is 3. The summed E-state index contributed by atoms with van der Waals surface area (Å²) in [5.41, 5.74) is 2.07. The van der Waals surface area contributed by atoms with Gasteiger partial charge < -0.3 is 19.1 Å². The van der Waals surface area contributed by atoms with Crippen LogP contribution in [0.15, 0.2) is 41.1 Å². The summed E-state index contributed by atoms with van der Waals surface area (Å²) in [6.07, 6.45) is 1.60. The van der Waals surface area contributed by atoms with Gasteiger partial charge in [-0.15, -0.1) is 0 Å². The second-order valence-corrected chi connectivity index (χ2v) is 5.57. The molecule has 0 atom stereocenters. The average molecular weight is 359 g/mol. The molecule has 0 spiro atoms. The van der Waals surface area contributed by atoms with Crippen molar-refractivity contribution in [2.75, 3.05) is 34.5 Å². The summed E-state index contributed by atoms with van der Waals surface area (Å²) in [7, 11) is 4.12. The van der Waals surface area contributed by atoms with Crippen LogP contribution < -0.4 is 0 Å². The number of hydrogen-bond acceptors (Lipinski definition) is 6. The molecule has 7 heteroatoms. The van der Waals surface area contributed by atoms with Crippen LogP contribution in [-0.2, 0) is 23.8 Å².